The summed E-state index contributed by atoms with van der Waals surface area (Å²) in [5.74, 6) is 2.37. The van der Waals surface area contributed by atoms with Gasteiger partial charge in [-0.2, -0.15) is 4.98 Å². The fourth-order valence-corrected chi connectivity index (χ4v) is 3.96. The van der Waals surface area contributed by atoms with Crippen LogP contribution in [0.3, 0.4) is 0 Å². The van der Waals surface area contributed by atoms with Gasteiger partial charge >= 0.3 is 0 Å². The van der Waals surface area contributed by atoms with Crippen LogP contribution in [0.25, 0.3) is 0 Å². The molecule has 3 heterocycles. The summed E-state index contributed by atoms with van der Waals surface area (Å²) in [5.41, 5.74) is 2.73. The van der Waals surface area contributed by atoms with Crippen molar-refractivity contribution in [3.63, 3.8) is 0 Å². The first kappa shape index (κ1) is 19.5. The number of methoxy groups -OCH3 is 1. The molecule has 7 nitrogen and oxygen atoms in total. The van der Waals surface area contributed by atoms with E-state index < -0.39 is 0 Å². The summed E-state index contributed by atoms with van der Waals surface area (Å²) in [5, 5.41) is 3.48. The van der Waals surface area contributed by atoms with Gasteiger partial charge in [-0.1, -0.05) is 6.07 Å². The number of nitrogens with zero attached hydrogens (tertiary/aromatic N) is 4. The lowest BCUT2D eigenvalue weighted by Crippen LogP contribution is -2.37. The van der Waals surface area contributed by atoms with Gasteiger partial charge in [-0.25, -0.2) is 4.98 Å². The number of aromatic nitrogens is 2. The number of carbonyl (C=O) groups excluding carboxylic acids is 1. The molecule has 154 valence electrons. The summed E-state index contributed by atoms with van der Waals surface area (Å²) in [6.07, 6.45) is 3.12. The fourth-order valence-electron chi connectivity index (χ4n) is 3.96. The maximum atomic E-state index is 13.1. The Morgan fingerprint density at radius 3 is 2.69 bits per heavy atom. The fraction of sp³-hybridized carbons (Fsp3) is 0.500. The van der Waals surface area contributed by atoms with Crippen LogP contribution in [-0.4, -0.2) is 53.6 Å². The minimum Gasteiger partial charge on any atom is -0.497 e. The number of anilines is 2. The van der Waals surface area contributed by atoms with Gasteiger partial charge in [0.1, 0.15) is 11.6 Å². The second kappa shape index (κ2) is 8.27. The third kappa shape index (κ3) is 4.13. The van der Waals surface area contributed by atoms with E-state index in [-0.39, 0.29) is 11.9 Å². The molecule has 29 heavy (non-hydrogen) atoms. The number of rotatable bonds is 5. The minimum absolute atomic E-state index is 0.00802. The van der Waals surface area contributed by atoms with Gasteiger partial charge in [0, 0.05) is 43.2 Å². The van der Waals surface area contributed by atoms with E-state index in [4.69, 9.17) is 14.7 Å². The molecule has 0 atom stereocenters. The van der Waals surface area contributed by atoms with E-state index in [0.29, 0.717) is 24.4 Å². The van der Waals surface area contributed by atoms with Gasteiger partial charge in [0.15, 0.2) is 0 Å². The smallest absolute Gasteiger partial charge is 0.254 e. The topological polar surface area (TPSA) is 70.6 Å². The average Bonchev–Trinajstić information content (AvgIpc) is 3.27. The first-order chi connectivity index (χ1) is 14.0. The number of ether oxygens (including phenoxy) is 1. The van der Waals surface area contributed by atoms with E-state index in [1.807, 2.05) is 23.1 Å². The Hall–Kier alpha value is -2.83. The maximum absolute atomic E-state index is 13.1. The van der Waals surface area contributed by atoms with Crippen molar-refractivity contribution in [2.75, 3.05) is 37.0 Å². The molecule has 0 saturated carbocycles. The third-order valence-electron chi connectivity index (χ3n) is 5.47. The van der Waals surface area contributed by atoms with E-state index in [2.05, 4.69) is 24.1 Å². The van der Waals surface area contributed by atoms with Crippen molar-refractivity contribution in [3.05, 3.63) is 41.1 Å². The Labute approximate surface area is 172 Å². The van der Waals surface area contributed by atoms with Gasteiger partial charge in [0.25, 0.3) is 5.91 Å². The normalized spacial score (nSPS) is 16.1. The Kier molecular flexibility index (Phi) is 5.56. The van der Waals surface area contributed by atoms with Gasteiger partial charge in [-0.3, -0.25) is 4.79 Å². The predicted octanol–water partition coefficient (Wildman–Crippen LogP) is 3.10. The number of carbonyl (C=O) groups is 1. The van der Waals surface area contributed by atoms with E-state index in [1.165, 1.54) is 12.8 Å². The molecular formula is C22H29N5O2. The molecular weight excluding hydrogens is 366 g/mol. The summed E-state index contributed by atoms with van der Waals surface area (Å²) in [7, 11) is 1.61. The monoisotopic (exact) mass is 395 g/mol. The van der Waals surface area contributed by atoms with Crippen molar-refractivity contribution < 1.29 is 9.53 Å². The lowest BCUT2D eigenvalue weighted by molar-refractivity contribution is 0.0733. The van der Waals surface area contributed by atoms with E-state index in [9.17, 15) is 4.79 Å². The summed E-state index contributed by atoms with van der Waals surface area (Å²) in [6.45, 7) is 7.40. The van der Waals surface area contributed by atoms with Gasteiger partial charge in [-0.15, -0.1) is 0 Å². The molecule has 7 heteroatoms. The molecule has 1 N–H and O–H groups in total. The highest BCUT2D eigenvalue weighted by atomic mass is 16.5. The molecule has 0 radical (unpaired) electrons. The standard InChI is InChI=1S/C22H29N5O2/c1-15(2)23-20-18-14-27(21(28)16-7-6-8-17(13-16)29-3)12-9-19(18)24-22(25-20)26-10-4-5-11-26/h6-8,13,15H,4-5,9-12,14H2,1-3H3,(H,23,24,25). The van der Waals surface area contributed by atoms with Gasteiger partial charge in [0.2, 0.25) is 5.95 Å². The summed E-state index contributed by atoms with van der Waals surface area (Å²) in [6, 6.07) is 7.57. The zero-order valence-corrected chi connectivity index (χ0v) is 17.4. The predicted molar refractivity (Wildman–Crippen MR) is 114 cm³/mol. The van der Waals surface area contributed by atoms with E-state index in [0.717, 1.165) is 42.5 Å². The maximum Gasteiger partial charge on any atom is 0.254 e. The number of benzene rings is 1. The first-order valence-electron chi connectivity index (χ1n) is 10.4. The van der Waals surface area contributed by atoms with Crippen molar-refractivity contribution in [2.45, 2.75) is 45.7 Å². The van der Waals surface area contributed by atoms with Crippen LogP contribution in [0, 0.1) is 0 Å². The van der Waals surface area contributed by atoms with Crippen LogP contribution >= 0.6 is 0 Å². The van der Waals surface area contributed by atoms with Crippen LogP contribution in [0.2, 0.25) is 0 Å². The second-order valence-electron chi connectivity index (χ2n) is 8.00. The average molecular weight is 396 g/mol. The number of hydrogen-bond acceptors (Lipinski definition) is 6. The zero-order chi connectivity index (χ0) is 20.4. The molecule has 1 aromatic heterocycles. The second-order valence-corrected chi connectivity index (χ2v) is 8.00. The van der Waals surface area contributed by atoms with Crippen LogP contribution in [0.4, 0.5) is 11.8 Å². The van der Waals surface area contributed by atoms with Gasteiger partial charge < -0.3 is 19.9 Å². The Morgan fingerprint density at radius 2 is 1.97 bits per heavy atom. The minimum atomic E-state index is 0.00802. The van der Waals surface area contributed by atoms with Crippen molar-refractivity contribution >= 4 is 17.7 Å². The molecule has 2 aliphatic heterocycles. The van der Waals surface area contributed by atoms with Crippen molar-refractivity contribution in [1.82, 2.24) is 14.9 Å². The van der Waals surface area contributed by atoms with Crippen LogP contribution in [-0.2, 0) is 13.0 Å². The molecule has 1 saturated heterocycles. The summed E-state index contributed by atoms with van der Waals surface area (Å²) in [4.78, 5) is 26.9. The molecule has 0 aliphatic carbocycles. The Balaban J connectivity index is 1.62. The molecule has 4 rings (SSSR count). The van der Waals surface area contributed by atoms with Crippen LogP contribution in [0.15, 0.2) is 24.3 Å². The number of fused-ring (bicyclic) bond motifs is 1. The van der Waals surface area contributed by atoms with Crippen molar-refractivity contribution in [1.29, 1.82) is 0 Å². The quantitative estimate of drug-likeness (QED) is 0.839. The number of hydrogen-bond donors (Lipinski definition) is 1. The summed E-state index contributed by atoms with van der Waals surface area (Å²) >= 11 is 0. The molecule has 0 bridgehead atoms. The SMILES string of the molecule is COc1cccc(C(=O)N2CCc3nc(N4CCCC4)nc(NC(C)C)c3C2)c1. The Morgan fingerprint density at radius 1 is 1.17 bits per heavy atom. The molecule has 1 aromatic carbocycles. The largest absolute Gasteiger partial charge is 0.497 e. The highest BCUT2D eigenvalue weighted by molar-refractivity contribution is 5.94. The lowest BCUT2D eigenvalue weighted by atomic mass is 10.0. The summed E-state index contributed by atoms with van der Waals surface area (Å²) < 4.78 is 5.27. The number of nitrogens with one attached hydrogen (secondary N) is 1. The Bertz CT molecular complexity index is 893. The van der Waals surface area contributed by atoms with Crippen molar-refractivity contribution in [3.8, 4) is 5.75 Å². The lowest BCUT2D eigenvalue weighted by Gasteiger charge is -2.31. The molecule has 2 aromatic rings. The first-order valence-corrected chi connectivity index (χ1v) is 10.4. The van der Waals surface area contributed by atoms with Gasteiger partial charge in [-0.05, 0) is 44.9 Å². The molecule has 1 fully saturated rings. The molecule has 2 aliphatic rings. The number of amides is 1. The molecule has 0 spiro atoms. The van der Waals surface area contributed by atoms with E-state index in [1.54, 1.807) is 13.2 Å². The van der Waals surface area contributed by atoms with Crippen LogP contribution in [0.1, 0.15) is 48.3 Å². The zero-order valence-electron chi connectivity index (χ0n) is 17.4. The molecule has 0 unspecified atom stereocenters. The highest BCUT2D eigenvalue weighted by Gasteiger charge is 2.28. The third-order valence-corrected chi connectivity index (χ3v) is 5.47. The van der Waals surface area contributed by atoms with Crippen molar-refractivity contribution in [2.24, 2.45) is 0 Å². The van der Waals surface area contributed by atoms with Crippen LogP contribution < -0.4 is 15.0 Å². The van der Waals surface area contributed by atoms with Gasteiger partial charge in [0.05, 0.1) is 19.3 Å². The van der Waals surface area contributed by atoms with Crippen LogP contribution in [0.5, 0.6) is 5.75 Å². The van der Waals surface area contributed by atoms with E-state index >= 15 is 0 Å². The highest BCUT2D eigenvalue weighted by Crippen LogP contribution is 2.29. The molecule has 1 amide bonds.